The molecule has 4 heteroatoms. The number of hydrogen-bond donors (Lipinski definition) is 0. The maximum Gasteiger partial charge on any atom is 0.416 e. The standard InChI is InChI=1S/C21H18F3N/c1-15-6-10-18(11-7-15)25(19-12-8-16(2)9-13-19)20-5-3-4-17(14-20)21(22,23)24/h3-14H,1-2H3. The number of anilines is 3. The summed E-state index contributed by atoms with van der Waals surface area (Å²) in [5.41, 5.74) is 3.63. The Morgan fingerprint density at radius 3 is 1.56 bits per heavy atom. The molecule has 0 saturated carbocycles. The fourth-order valence-corrected chi connectivity index (χ4v) is 2.66. The number of benzene rings is 3. The van der Waals surface area contributed by atoms with Crippen molar-refractivity contribution in [1.29, 1.82) is 0 Å². The molecule has 0 fully saturated rings. The first-order chi connectivity index (χ1) is 11.8. The highest BCUT2D eigenvalue weighted by atomic mass is 19.4. The maximum absolute atomic E-state index is 13.1. The molecule has 0 aliphatic rings. The van der Waals surface area contributed by atoms with Crippen LogP contribution in [-0.4, -0.2) is 0 Å². The van der Waals surface area contributed by atoms with Gasteiger partial charge < -0.3 is 4.90 Å². The minimum Gasteiger partial charge on any atom is -0.310 e. The predicted molar refractivity (Wildman–Crippen MR) is 95.6 cm³/mol. The van der Waals surface area contributed by atoms with Crippen LogP contribution >= 0.6 is 0 Å². The van der Waals surface area contributed by atoms with Gasteiger partial charge in [0.05, 0.1) is 5.56 Å². The molecule has 0 atom stereocenters. The van der Waals surface area contributed by atoms with Gasteiger partial charge in [0.1, 0.15) is 0 Å². The molecule has 25 heavy (non-hydrogen) atoms. The number of aryl methyl sites for hydroxylation is 2. The second-order valence-electron chi connectivity index (χ2n) is 6.05. The molecule has 0 N–H and O–H groups in total. The summed E-state index contributed by atoms with van der Waals surface area (Å²) in [7, 11) is 0. The second-order valence-corrected chi connectivity index (χ2v) is 6.05. The van der Waals surface area contributed by atoms with Gasteiger partial charge in [0.2, 0.25) is 0 Å². The van der Waals surface area contributed by atoms with Gasteiger partial charge in [-0.1, -0.05) is 41.5 Å². The Morgan fingerprint density at radius 2 is 1.12 bits per heavy atom. The van der Waals surface area contributed by atoms with E-state index in [1.54, 1.807) is 6.07 Å². The largest absolute Gasteiger partial charge is 0.416 e. The quantitative estimate of drug-likeness (QED) is 0.507. The fourth-order valence-electron chi connectivity index (χ4n) is 2.66. The lowest BCUT2D eigenvalue weighted by Crippen LogP contribution is -2.12. The summed E-state index contributed by atoms with van der Waals surface area (Å²) in [5.74, 6) is 0. The van der Waals surface area contributed by atoms with Crippen LogP contribution < -0.4 is 4.90 Å². The van der Waals surface area contributed by atoms with E-state index in [2.05, 4.69) is 0 Å². The van der Waals surface area contributed by atoms with Crippen LogP contribution in [0, 0.1) is 13.8 Å². The molecule has 3 aromatic carbocycles. The van der Waals surface area contributed by atoms with E-state index < -0.39 is 11.7 Å². The second kappa shape index (κ2) is 6.63. The first kappa shape index (κ1) is 17.1. The lowest BCUT2D eigenvalue weighted by Gasteiger charge is -2.26. The molecule has 0 amide bonds. The lowest BCUT2D eigenvalue weighted by molar-refractivity contribution is -0.137. The third-order valence-corrected chi connectivity index (χ3v) is 4.02. The molecule has 0 unspecified atom stereocenters. The number of rotatable bonds is 3. The number of halogens is 3. The fraction of sp³-hybridized carbons (Fsp3) is 0.143. The van der Waals surface area contributed by atoms with E-state index in [1.165, 1.54) is 12.1 Å². The molecule has 0 spiro atoms. The summed E-state index contributed by atoms with van der Waals surface area (Å²) in [5, 5.41) is 0. The molecule has 0 radical (unpaired) electrons. The van der Waals surface area contributed by atoms with Crippen molar-refractivity contribution >= 4 is 17.1 Å². The van der Waals surface area contributed by atoms with Crippen molar-refractivity contribution in [2.75, 3.05) is 4.90 Å². The zero-order valence-corrected chi connectivity index (χ0v) is 14.0. The highest BCUT2D eigenvalue weighted by Gasteiger charge is 2.31. The van der Waals surface area contributed by atoms with Gasteiger partial charge in [-0.2, -0.15) is 13.2 Å². The Labute approximate surface area is 145 Å². The van der Waals surface area contributed by atoms with E-state index in [0.717, 1.165) is 28.6 Å². The molecule has 0 aliphatic heterocycles. The summed E-state index contributed by atoms with van der Waals surface area (Å²) >= 11 is 0. The molecule has 1 nitrogen and oxygen atoms in total. The van der Waals surface area contributed by atoms with Crippen molar-refractivity contribution in [2.24, 2.45) is 0 Å². The topological polar surface area (TPSA) is 3.24 Å². The van der Waals surface area contributed by atoms with E-state index in [1.807, 2.05) is 67.3 Å². The van der Waals surface area contributed by atoms with E-state index in [4.69, 9.17) is 0 Å². The summed E-state index contributed by atoms with van der Waals surface area (Å²) in [6.45, 7) is 3.95. The SMILES string of the molecule is Cc1ccc(N(c2ccc(C)cc2)c2cccc(C(F)(F)F)c2)cc1. The van der Waals surface area contributed by atoms with Crippen LogP contribution in [0.15, 0.2) is 72.8 Å². The first-order valence-electron chi connectivity index (χ1n) is 7.95. The Bertz CT molecular complexity index is 804. The highest BCUT2D eigenvalue weighted by molar-refractivity contribution is 5.77. The van der Waals surface area contributed by atoms with Crippen LogP contribution in [0.25, 0.3) is 0 Å². The minimum absolute atomic E-state index is 0.475. The van der Waals surface area contributed by atoms with Crippen molar-refractivity contribution in [3.8, 4) is 0 Å². The van der Waals surface area contributed by atoms with Gasteiger partial charge in [0.15, 0.2) is 0 Å². The van der Waals surface area contributed by atoms with Crippen molar-refractivity contribution in [2.45, 2.75) is 20.0 Å². The van der Waals surface area contributed by atoms with E-state index in [9.17, 15) is 13.2 Å². The van der Waals surface area contributed by atoms with Gasteiger partial charge in [0, 0.05) is 17.1 Å². The van der Waals surface area contributed by atoms with E-state index in [-0.39, 0.29) is 0 Å². The number of nitrogens with zero attached hydrogens (tertiary/aromatic N) is 1. The van der Waals surface area contributed by atoms with Crippen molar-refractivity contribution in [1.82, 2.24) is 0 Å². The lowest BCUT2D eigenvalue weighted by atomic mass is 10.1. The smallest absolute Gasteiger partial charge is 0.310 e. The zero-order valence-electron chi connectivity index (χ0n) is 14.0. The summed E-state index contributed by atoms with van der Waals surface area (Å²) in [6.07, 6.45) is -4.37. The molecule has 0 aliphatic carbocycles. The average molecular weight is 341 g/mol. The molecule has 128 valence electrons. The minimum atomic E-state index is -4.37. The molecular weight excluding hydrogens is 323 g/mol. The van der Waals surface area contributed by atoms with Crippen LogP contribution in [0.1, 0.15) is 16.7 Å². The Balaban J connectivity index is 2.14. The van der Waals surface area contributed by atoms with Gasteiger partial charge >= 0.3 is 6.18 Å². The van der Waals surface area contributed by atoms with E-state index >= 15 is 0 Å². The number of alkyl halides is 3. The van der Waals surface area contributed by atoms with Crippen LogP contribution in [0.5, 0.6) is 0 Å². The third-order valence-electron chi connectivity index (χ3n) is 4.02. The van der Waals surface area contributed by atoms with Crippen molar-refractivity contribution in [3.05, 3.63) is 89.5 Å². The molecule has 0 aromatic heterocycles. The average Bonchev–Trinajstić information content (AvgIpc) is 2.58. The van der Waals surface area contributed by atoms with E-state index in [0.29, 0.717) is 5.69 Å². The third kappa shape index (κ3) is 3.85. The van der Waals surface area contributed by atoms with Crippen molar-refractivity contribution in [3.63, 3.8) is 0 Å². The zero-order chi connectivity index (χ0) is 18.0. The predicted octanol–water partition coefficient (Wildman–Crippen LogP) is 6.79. The number of hydrogen-bond acceptors (Lipinski definition) is 1. The van der Waals surface area contributed by atoms with Gasteiger partial charge in [-0.05, 0) is 56.3 Å². The van der Waals surface area contributed by atoms with Gasteiger partial charge in [0.25, 0.3) is 0 Å². The molecule has 0 heterocycles. The molecule has 0 bridgehead atoms. The Kier molecular flexibility index (Phi) is 4.53. The summed E-state index contributed by atoms with van der Waals surface area (Å²) in [4.78, 5) is 1.83. The Hall–Kier alpha value is -2.75. The van der Waals surface area contributed by atoms with Crippen LogP contribution in [0.2, 0.25) is 0 Å². The normalized spacial score (nSPS) is 11.4. The first-order valence-corrected chi connectivity index (χ1v) is 7.95. The Morgan fingerprint density at radius 1 is 0.640 bits per heavy atom. The summed E-state index contributed by atoms with van der Waals surface area (Å²) < 4.78 is 39.4. The van der Waals surface area contributed by atoms with Crippen LogP contribution in [0.4, 0.5) is 30.2 Å². The summed E-state index contributed by atoms with van der Waals surface area (Å²) in [6, 6.07) is 20.8. The molecule has 3 rings (SSSR count). The van der Waals surface area contributed by atoms with Crippen LogP contribution in [0.3, 0.4) is 0 Å². The molecule has 0 saturated heterocycles. The van der Waals surface area contributed by atoms with Crippen LogP contribution in [-0.2, 0) is 6.18 Å². The van der Waals surface area contributed by atoms with Gasteiger partial charge in [-0.3, -0.25) is 0 Å². The monoisotopic (exact) mass is 341 g/mol. The molecular formula is C21H18F3N. The molecule has 3 aromatic rings. The van der Waals surface area contributed by atoms with Gasteiger partial charge in [-0.15, -0.1) is 0 Å². The maximum atomic E-state index is 13.1. The van der Waals surface area contributed by atoms with Crippen molar-refractivity contribution < 1.29 is 13.2 Å². The van der Waals surface area contributed by atoms with Gasteiger partial charge in [-0.25, -0.2) is 0 Å². The highest BCUT2D eigenvalue weighted by Crippen LogP contribution is 2.38.